The van der Waals surface area contributed by atoms with Crippen LogP contribution in [-0.4, -0.2) is 50.8 Å². The lowest BCUT2D eigenvalue weighted by atomic mass is 9.97. The number of aromatic nitrogens is 1. The van der Waals surface area contributed by atoms with Crippen LogP contribution in [0.3, 0.4) is 0 Å². The van der Waals surface area contributed by atoms with Gasteiger partial charge in [0, 0.05) is 12.3 Å². The maximum atomic E-state index is 11.8. The molecule has 1 fully saturated rings. The monoisotopic (exact) mass is 327 g/mol. The predicted octanol–water partition coefficient (Wildman–Crippen LogP) is -0.238. The molecule has 3 N–H and O–H groups in total. The summed E-state index contributed by atoms with van der Waals surface area (Å²) in [7, 11) is 0. The van der Waals surface area contributed by atoms with E-state index in [0.29, 0.717) is 0 Å². The number of aromatic hydroxyl groups is 1. The summed E-state index contributed by atoms with van der Waals surface area (Å²) < 4.78 is 11.6. The zero-order chi connectivity index (χ0) is 17.4. The molecule has 8 heteroatoms. The Labute approximate surface area is 132 Å². The first kappa shape index (κ1) is 17.5. The van der Waals surface area contributed by atoms with E-state index in [1.54, 1.807) is 20.8 Å². The predicted molar refractivity (Wildman–Crippen MR) is 78.7 cm³/mol. The number of aliphatic hydroxyl groups excluding tert-OH is 2. The number of ether oxygens (including phenoxy) is 2. The number of hydrogen-bond acceptors (Lipinski definition) is 7. The highest BCUT2D eigenvalue weighted by molar-refractivity contribution is 5.75. The average molecular weight is 327 g/mol. The zero-order valence-electron chi connectivity index (χ0n) is 13.2. The largest absolute Gasteiger partial charge is 0.508 e. The van der Waals surface area contributed by atoms with Gasteiger partial charge >= 0.3 is 5.97 Å². The van der Waals surface area contributed by atoms with Gasteiger partial charge in [-0.3, -0.25) is 14.2 Å². The van der Waals surface area contributed by atoms with Crippen molar-refractivity contribution >= 4 is 5.97 Å². The lowest BCUT2D eigenvalue weighted by molar-refractivity contribution is -0.159. The molecule has 0 aromatic carbocycles. The highest BCUT2D eigenvalue weighted by Crippen LogP contribution is 2.29. The Kier molecular flexibility index (Phi) is 4.79. The van der Waals surface area contributed by atoms with Crippen LogP contribution < -0.4 is 5.56 Å². The highest BCUT2D eigenvalue weighted by Gasteiger charge is 2.44. The van der Waals surface area contributed by atoms with Crippen molar-refractivity contribution in [3.05, 3.63) is 28.7 Å². The third-order valence-corrected chi connectivity index (χ3v) is 3.53. The van der Waals surface area contributed by atoms with E-state index in [0.717, 1.165) is 10.6 Å². The third kappa shape index (κ3) is 3.72. The normalized spacial score (nSPS) is 27.9. The number of aliphatic hydroxyl groups is 2. The second-order valence-corrected chi connectivity index (χ2v) is 6.53. The molecule has 8 nitrogen and oxygen atoms in total. The van der Waals surface area contributed by atoms with Gasteiger partial charge in [0.2, 0.25) is 0 Å². The number of pyridine rings is 1. The van der Waals surface area contributed by atoms with Crippen LogP contribution in [0, 0.1) is 5.41 Å². The topological polar surface area (TPSA) is 118 Å². The highest BCUT2D eigenvalue weighted by atomic mass is 16.6. The number of rotatable bonds is 3. The molecular weight excluding hydrogens is 306 g/mol. The van der Waals surface area contributed by atoms with Crippen molar-refractivity contribution in [1.82, 2.24) is 4.57 Å². The van der Waals surface area contributed by atoms with Crippen molar-refractivity contribution in [3.8, 4) is 5.75 Å². The third-order valence-electron chi connectivity index (χ3n) is 3.53. The SMILES string of the molecule is CC(C)(C)C(=O)OC[C@H]1O[C@@H](n2ccc(O)cc2=O)[C@@H](O)[C@H]1O. The van der Waals surface area contributed by atoms with E-state index < -0.39 is 41.5 Å². The van der Waals surface area contributed by atoms with Crippen LogP contribution in [0.2, 0.25) is 0 Å². The number of carbonyl (C=O) groups excluding carboxylic acids is 1. The molecule has 1 aromatic heterocycles. The molecule has 4 atom stereocenters. The Morgan fingerprint density at radius 3 is 2.57 bits per heavy atom. The van der Waals surface area contributed by atoms with Crippen LogP contribution in [0.15, 0.2) is 23.1 Å². The van der Waals surface area contributed by atoms with Crippen LogP contribution in [0.25, 0.3) is 0 Å². The molecule has 1 aliphatic rings. The molecule has 0 aliphatic carbocycles. The van der Waals surface area contributed by atoms with Gasteiger partial charge in [-0.05, 0) is 26.8 Å². The molecular formula is C15H21NO7. The van der Waals surface area contributed by atoms with Crippen molar-refractivity contribution < 1.29 is 29.6 Å². The molecule has 1 aliphatic heterocycles. The minimum absolute atomic E-state index is 0.213. The smallest absolute Gasteiger partial charge is 0.311 e. The summed E-state index contributed by atoms with van der Waals surface area (Å²) in [5.41, 5.74) is -1.29. The molecule has 1 aromatic rings. The van der Waals surface area contributed by atoms with Gasteiger partial charge in [-0.2, -0.15) is 0 Å². The standard InChI is InChI=1S/C15H21NO7/c1-15(2,3)14(21)22-7-9-11(19)12(20)13(23-9)16-5-4-8(17)6-10(16)18/h4-6,9,11-13,17,19-20H,7H2,1-3H3/t9-,11+,12+,13-/m1/s1. The fraction of sp³-hybridized carbons (Fsp3) is 0.600. The zero-order valence-corrected chi connectivity index (χ0v) is 13.2. The maximum Gasteiger partial charge on any atom is 0.311 e. The molecule has 0 unspecified atom stereocenters. The van der Waals surface area contributed by atoms with E-state index in [-0.39, 0.29) is 12.4 Å². The summed E-state index contributed by atoms with van der Waals surface area (Å²) in [6.45, 7) is 4.83. The van der Waals surface area contributed by atoms with E-state index in [1.807, 2.05) is 0 Å². The Balaban J connectivity index is 2.09. The van der Waals surface area contributed by atoms with Gasteiger partial charge in [0.25, 0.3) is 5.56 Å². The molecule has 0 bridgehead atoms. The van der Waals surface area contributed by atoms with Gasteiger partial charge in [0.05, 0.1) is 5.41 Å². The molecule has 1 saturated heterocycles. The van der Waals surface area contributed by atoms with E-state index in [4.69, 9.17) is 9.47 Å². The fourth-order valence-corrected chi connectivity index (χ4v) is 2.16. The second-order valence-electron chi connectivity index (χ2n) is 6.53. The van der Waals surface area contributed by atoms with Crippen molar-refractivity contribution in [2.45, 2.75) is 45.3 Å². The van der Waals surface area contributed by atoms with Gasteiger partial charge < -0.3 is 24.8 Å². The molecule has 0 saturated carbocycles. The summed E-state index contributed by atoms with van der Waals surface area (Å²) in [5, 5.41) is 29.3. The van der Waals surface area contributed by atoms with Gasteiger partial charge in [0.15, 0.2) is 6.23 Å². The van der Waals surface area contributed by atoms with Gasteiger partial charge in [-0.15, -0.1) is 0 Å². The first-order chi connectivity index (χ1) is 10.6. The number of nitrogens with zero attached hydrogens (tertiary/aromatic N) is 1. The summed E-state index contributed by atoms with van der Waals surface area (Å²) >= 11 is 0. The van der Waals surface area contributed by atoms with Crippen LogP contribution in [0.4, 0.5) is 0 Å². The summed E-state index contributed by atoms with van der Waals surface area (Å²) in [4.78, 5) is 23.6. The molecule has 128 valence electrons. The Morgan fingerprint density at radius 1 is 1.35 bits per heavy atom. The minimum atomic E-state index is -1.37. The Hall–Kier alpha value is -1.90. The van der Waals surface area contributed by atoms with Crippen molar-refractivity contribution in [2.24, 2.45) is 5.41 Å². The number of carbonyl (C=O) groups is 1. The summed E-state index contributed by atoms with van der Waals surface area (Å²) in [6.07, 6.45) is -3.51. The number of esters is 1. The number of hydrogen-bond donors (Lipinski definition) is 3. The molecule has 23 heavy (non-hydrogen) atoms. The quantitative estimate of drug-likeness (QED) is 0.656. The molecule has 0 amide bonds. The van der Waals surface area contributed by atoms with Gasteiger partial charge in [-0.25, -0.2) is 0 Å². The van der Waals surface area contributed by atoms with E-state index in [2.05, 4.69) is 0 Å². The van der Waals surface area contributed by atoms with E-state index >= 15 is 0 Å². The molecule has 0 radical (unpaired) electrons. The van der Waals surface area contributed by atoms with Crippen molar-refractivity contribution in [1.29, 1.82) is 0 Å². The first-order valence-electron chi connectivity index (χ1n) is 7.21. The van der Waals surface area contributed by atoms with Crippen LogP contribution in [0.5, 0.6) is 5.75 Å². The molecule has 2 heterocycles. The van der Waals surface area contributed by atoms with E-state index in [1.165, 1.54) is 12.3 Å². The fourth-order valence-electron chi connectivity index (χ4n) is 2.16. The molecule has 0 spiro atoms. The first-order valence-corrected chi connectivity index (χ1v) is 7.21. The maximum absolute atomic E-state index is 11.8. The van der Waals surface area contributed by atoms with Crippen molar-refractivity contribution in [3.63, 3.8) is 0 Å². The van der Waals surface area contributed by atoms with Crippen LogP contribution >= 0.6 is 0 Å². The Bertz CT molecular complexity index is 633. The van der Waals surface area contributed by atoms with Crippen molar-refractivity contribution in [2.75, 3.05) is 6.61 Å². The summed E-state index contributed by atoms with van der Waals surface area (Å²) in [6, 6.07) is 2.23. The lowest BCUT2D eigenvalue weighted by Gasteiger charge is -2.20. The Morgan fingerprint density at radius 2 is 2.00 bits per heavy atom. The average Bonchev–Trinajstić information content (AvgIpc) is 2.72. The summed E-state index contributed by atoms with van der Waals surface area (Å²) in [5.74, 6) is -0.678. The second kappa shape index (κ2) is 6.31. The van der Waals surface area contributed by atoms with Gasteiger partial charge in [0.1, 0.15) is 30.7 Å². The minimum Gasteiger partial charge on any atom is -0.508 e. The molecule has 2 rings (SSSR count). The van der Waals surface area contributed by atoms with E-state index in [9.17, 15) is 24.9 Å². The van der Waals surface area contributed by atoms with Gasteiger partial charge in [-0.1, -0.05) is 0 Å². The van der Waals surface area contributed by atoms with Crippen LogP contribution in [-0.2, 0) is 14.3 Å². The lowest BCUT2D eigenvalue weighted by Crippen LogP contribution is -2.36. The van der Waals surface area contributed by atoms with Crippen LogP contribution in [0.1, 0.15) is 27.0 Å².